The molecule has 21 heavy (non-hydrogen) atoms. The number of carbonyl (C=O) groups excluding carboxylic acids is 1. The van der Waals surface area contributed by atoms with Crippen LogP contribution in [0.1, 0.15) is 18.4 Å². The third-order valence-corrected chi connectivity index (χ3v) is 3.09. The van der Waals surface area contributed by atoms with Crippen LogP contribution in [-0.4, -0.2) is 20.7 Å². The Balaban J connectivity index is 2.23. The number of aromatic nitrogens is 3. The summed E-state index contributed by atoms with van der Waals surface area (Å²) in [5.41, 5.74) is -0.168. The molecule has 0 unspecified atom stereocenters. The first-order valence-electron chi connectivity index (χ1n) is 6.09. The minimum absolute atomic E-state index is 0.0632. The van der Waals surface area contributed by atoms with E-state index in [4.69, 9.17) is 0 Å². The predicted molar refractivity (Wildman–Crippen MR) is 66.8 cm³/mol. The summed E-state index contributed by atoms with van der Waals surface area (Å²) < 4.78 is 42.2. The Morgan fingerprint density at radius 2 is 1.86 bits per heavy atom. The van der Waals surface area contributed by atoms with E-state index in [-0.39, 0.29) is 24.4 Å². The summed E-state index contributed by atoms with van der Waals surface area (Å²) in [4.78, 5) is 15.3. The van der Waals surface area contributed by atoms with Crippen molar-refractivity contribution in [1.82, 2.24) is 20.1 Å². The van der Waals surface area contributed by atoms with Crippen molar-refractivity contribution in [2.24, 2.45) is 0 Å². The van der Waals surface area contributed by atoms with Gasteiger partial charge in [-0.05, 0) is 0 Å². The van der Waals surface area contributed by atoms with Crippen molar-refractivity contribution < 1.29 is 18.0 Å². The minimum Gasteiger partial charge on any atom is -0.324 e. The highest BCUT2D eigenvalue weighted by molar-refractivity contribution is 5.97. The van der Waals surface area contributed by atoms with Gasteiger partial charge in [-0.3, -0.25) is 4.79 Å². The number of hydrogen-bond acceptors (Lipinski definition) is 3. The zero-order chi connectivity index (χ0) is 15.0. The fourth-order valence-corrected chi connectivity index (χ4v) is 2.20. The number of nitrogens with one attached hydrogen (secondary N) is 1. The lowest BCUT2D eigenvalue weighted by molar-refractivity contribution is -0.120. The Labute approximate surface area is 117 Å². The van der Waals surface area contributed by atoms with Crippen molar-refractivity contribution in [1.29, 1.82) is 0 Å². The van der Waals surface area contributed by atoms with Crippen molar-refractivity contribution in [2.45, 2.75) is 12.8 Å². The fraction of sp³-hybridized carbons (Fsp3) is 0.154. The zero-order valence-corrected chi connectivity index (χ0v) is 10.6. The van der Waals surface area contributed by atoms with Gasteiger partial charge in [0.15, 0.2) is 0 Å². The highest BCUT2D eigenvalue weighted by atomic mass is 19.1. The average molecular weight is 294 g/mol. The van der Waals surface area contributed by atoms with Gasteiger partial charge in [-0.2, -0.15) is 5.10 Å². The molecule has 3 rings (SSSR count). The lowest BCUT2D eigenvalue weighted by Gasteiger charge is -2.21. The molecule has 1 aromatic carbocycles. The number of benzene rings is 1. The Kier molecular flexibility index (Phi) is 3.20. The zero-order valence-electron chi connectivity index (χ0n) is 10.6. The van der Waals surface area contributed by atoms with Gasteiger partial charge < -0.3 is 5.32 Å². The molecule has 1 N–H and O–H groups in total. The normalized spacial score (nSPS) is 15.3. The number of rotatable bonds is 2. The van der Waals surface area contributed by atoms with Gasteiger partial charge in [0, 0.05) is 25.0 Å². The van der Waals surface area contributed by atoms with E-state index in [1.807, 2.05) is 0 Å². The molecule has 0 spiro atoms. The van der Waals surface area contributed by atoms with E-state index in [1.54, 1.807) is 0 Å². The largest absolute Gasteiger partial charge is 0.324 e. The van der Waals surface area contributed by atoms with E-state index >= 15 is 0 Å². The molecule has 2 heterocycles. The molecule has 1 aliphatic heterocycles. The van der Waals surface area contributed by atoms with E-state index in [0.29, 0.717) is 17.8 Å². The maximum absolute atomic E-state index is 13.9. The first-order valence-corrected chi connectivity index (χ1v) is 6.09. The molecule has 5 nitrogen and oxygen atoms in total. The Hall–Kier alpha value is -2.64. The second-order valence-electron chi connectivity index (χ2n) is 4.45. The number of nitrogens with zero attached hydrogens (tertiary/aromatic N) is 3. The molecule has 1 aromatic heterocycles. The number of amides is 1. The number of allylic oxidation sites excluding steroid dienone is 1. The molecule has 1 aliphatic rings. The number of halogens is 3. The van der Waals surface area contributed by atoms with Crippen LogP contribution in [0.3, 0.4) is 0 Å². The van der Waals surface area contributed by atoms with Gasteiger partial charge in [-0.15, -0.1) is 0 Å². The van der Waals surface area contributed by atoms with E-state index in [2.05, 4.69) is 15.4 Å². The SMILES string of the molecule is O=C1CCC(n2cncn2)=C(c2c(F)cc(F)cc2F)N1. The molecule has 0 atom stereocenters. The van der Waals surface area contributed by atoms with Crippen molar-refractivity contribution in [3.8, 4) is 0 Å². The lowest BCUT2D eigenvalue weighted by Crippen LogP contribution is -2.29. The van der Waals surface area contributed by atoms with Crippen molar-refractivity contribution in [3.63, 3.8) is 0 Å². The van der Waals surface area contributed by atoms with Gasteiger partial charge in [0.2, 0.25) is 5.91 Å². The summed E-state index contributed by atoms with van der Waals surface area (Å²) in [6.07, 6.45) is 3.01. The van der Waals surface area contributed by atoms with Crippen LogP contribution in [0.15, 0.2) is 24.8 Å². The Morgan fingerprint density at radius 3 is 2.48 bits per heavy atom. The van der Waals surface area contributed by atoms with Crippen LogP contribution in [0, 0.1) is 17.5 Å². The lowest BCUT2D eigenvalue weighted by atomic mass is 10.0. The van der Waals surface area contributed by atoms with Gasteiger partial charge >= 0.3 is 0 Å². The molecule has 0 bridgehead atoms. The summed E-state index contributed by atoms with van der Waals surface area (Å²) in [6.45, 7) is 0. The molecule has 2 aromatic rings. The second-order valence-corrected chi connectivity index (χ2v) is 4.45. The summed E-state index contributed by atoms with van der Waals surface area (Å²) in [6, 6.07) is 1.12. The van der Waals surface area contributed by atoms with Crippen LogP contribution in [0.25, 0.3) is 11.4 Å². The maximum Gasteiger partial charge on any atom is 0.224 e. The van der Waals surface area contributed by atoms with Gasteiger partial charge in [-0.1, -0.05) is 0 Å². The van der Waals surface area contributed by atoms with Crippen LogP contribution in [0.4, 0.5) is 13.2 Å². The summed E-state index contributed by atoms with van der Waals surface area (Å²) in [5, 5.41) is 6.32. The van der Waals surface area contributed by atoms with Crippen molar-refractivity contribution >= 4 is 17.3 Å². The topological polar surface area (TPSA) is 59.8 Å². The minimum atomic E-state index is -1.10. The molecule has 0 saturated carbocycles. The monoisotopic (exact) mass is 294 g/mol. The molecule has 0 fully saturated rings. The number of carbonyl (C=O) groups is 1. The van der Waals surface area contributed by atoms with Gasteiger partial charge in [0.25, 0.3) is 0 Å². The fourth-order valence-electron chi connectivity index (χ4n) is 2.20. The molecule has 1 amide bonds. The molecule has 8 heteroatoms. The van der Waals surface area contributed by atoms with Crippen LogP contribution in [0.5, 0.6) is 0 Å². The van der Waals surface area contributed by atoms with Crippen LogP contribution < -0.4 is 5.32 Å². The van der Waals surface area contributed by atoms with Crippen molar-refractivity contribution in [3.05, 3.63) is 47.8 Å². The smallest absolute Gasteiger partial charge is 0.224 e. The molecule has 0 saturated heterocycles. The Morgan fingerprint density at radius 1 is 1.14 bits per heavy atom. The first-order chi connectivity index (χ1) is 10.1. The van der Waals surface area contributed by atoms with Crippen LogP contribution in [0.2, 0.25) is 0 Å². The van der Waals surface area contributed by atoms with Gasteiger partial charge in [0.1, 0.15) is 30.1 Å². The molecule has 0 radical (unpaired) electrons. The standard InChI is InChI=1S/C13H9F3N4O/c14-7-3-8(15)12(9(16)4-7)13-10(1-2-11(21)19-13)20-6-17-5-18-20/h3-6H,1-2H2,(H,19,21). The predicted octanol–water partition coefficient (Wildman–Crippen LogP) is 1.93. The van der Waals surface area contributed by atoms with Crippen LogP contribution >= 0.6 is 0 Å². The number of hydrogen-bond donors (Lipinski definition) is 1. The van der Waals surface area contributed by atoms with Crippen LogP contribution in [-0.2, 0) is 4.79 Å². The molecule has 0 aliphatic carbocycles. The second kappa shape index (κ2) is 5.04. The van der Waals surface area contributed by atoms with E-state index in [9.17, 15) is 18.0 Å². The maximum atomic E-state index is 13.9. The quantitative estimate of drug-likeness (QED) is 0.920. The summed E-state index contributed by atoms with van der Waals surface area (Å²) >= 11 is 0. The summed E-state index contributed by atoms with van der Waals surface area (Å²) in [7, 11) is 0. The molecule has 108 valence electrons. The van der Waals surface area contributed by atoms with Gasteiger partial charge in [-0.25, -0.2) is 22.8 Å². The average Bonchev–Trinajstić information content (AvgIpc) is 2.91. The van der Waals surface area contributed by atoms with E-state index in [0.717, 1.165) is 0 Å². The highest BCUT2D eigenvalue weighted by Crippen LogP contribution is 2.30. The summed E-state index contributed by atoms with van der Waals surface area (Å²) in [5.74, 6) is -3.60. The van der Waals surface area contributed by atoms with E-state index in [1.165, 1.54) is 17.3 Å². The van der Waals surface area contributed by atoms with Gasteiger partial charge in [0.05, 0.1) is 17.0 Å². The first kappa shape index (κ1) is 13.3. The van der Waals surface area contributed by atoms with E-state index < -0.39 is 23.0 Å². The third-order valence-electron chi connectivity index (χ3n) is 3.09. The molecular weight excluding hydrogens is 285 g/mol. The Bertz CT molecular complexity index is 717. The highest BCUT2D eigenvalue weighted by Gasteiger charge is 2.26. The van der Waals surface area contributed by atoms with Crippen molar-refractivity contribution in [2.75, 3.05) is 0 Å². The molecular formula is C13H9F3N4O. The third kappa shape index (κ3) is 2.39.